The first-order valence-electron chi connectivity index (χ1n) is 5.25. The standard InChI is InChI=1S/C11H15N3/c1-14-11(7-10(8-12)13-14)9-5-3-2-4-6-9/h7,9H,2-6H2,1H3. The van der Waals surface area contributed by atoms with Crippen molar-refractivity contribution in [3.63, 3.8) is 0 Å². The Morgan fingerprint density at radius 1 is 1.43 bits per heavy atom. The van der Waals surface area contributed by atoms with Crippen molar-refractivity contribution >= 4 is 0 Å². The molecule has 1 aliphatic carbocycles. The molecule has 3 heteroatoms. The third-order valence-electron chi connectivity index (χ3n) is 3.05. The summed E-state index contributed by atoms with van der Waals surface area (Å²) in [7, 11) is 1.94. The lowest BCUT2D eigenvalue weighted by molar-refractivity contribution is 0.424. The fourth-order valence-corrected chi connectivity index (χ4v) is 2.32. The van der Waals surface area contributed by atoms with Gasteiger partial charge in [-0.25, -0.2) is 0 Å². The Balaban J connectivity index is 2.22. The van der Waals surface area contributed by atoms with E-state index in [1.807, 2.05) is 17.8 Å². The molecule has 0 amide bonds. The van der Waals surface area contributed by atoms with E-state index in [9.17, 15) is 0 Å². The van der Waals surface area contributed by atoms with E-state index >= 15 is 0 Å². The van der Waals surface area contributed by atoms with Gasteiger partial charge in [0.2, 0.25) is 0 Å². The van der Waals surface area contributed by atoms with Gasteiger partial charge in [-0.15, -0.1) is 0 Å². The van der Waals surface area contributed by atoms with E-state index in [1.165, 1.54) is 37.8 Å². The van der Waals surface area contributed by atoms with Crippen LogP contribution in [0, 0.1) is 11.3 Å². The van der Waals surface area contributed by atoms with Gasteiger partial charge in [0, 0.05) is 18.7 Å². The summed E-state index contributed by atoms with van der Waals surface area (Å²) in [5.41, 5.74) is 1.79. The molecule has 0 unspecified atom stereocenters. The summed E-state index contributed by atoms with van der Waals surface area (Å²) < 4.78 is 1.87. The molecule has 3 nitrogen and oxygen atoms in total. The molecule has 1 fully saturated rings. The molecule has 1 saturated carbocycles. The van der Waals surface area contributed by atoms with Crippen LogP contribution in [0.3, 0.4) is 0 Å². The van der Waals surface area contributed by atoms with Gasteiger partial charge in [0.1, 0.15) is 6.07 Å². The Morgan fingerprint density at radius 2 is 2.14 bits per heavy atom. The van der Waals surface area contributed by atoms with E-state index in [-0.39, 0.29) is 0 Å². The summed E-state index contributed by atoms with van der Waals surface area (Å²) in [6.07, 6.45) is 6.50. The van der Waals surface area contributed by atoms with Crippen molar-refractivity contribution in [1.29, 1.82) is 5.26 Å². The van der Waals surface area contributed by atoms with Crippen LogP contribution in [0.25, 0.3) is 0 Å². The second kappa shape index (κ2) is 3.83. The smallest absolute Gasteiger partial charge is 0.162 e. The average molecular weight is 189 g/mol. The topological polar surface area (TPSA) is 41.6 Å². The monoisotopic (exact) mass is 189 g/mol. The van der Waals surface area contributed by atoms with Crippen LogP contribution in [0.1, 0.15) is 49.4 Å². The fourth-order valence-electron chi connectivity index (χ4n) is 2.32. The van der Waals surface area contributed by atoms with Gasteiger partial charge in [0.15, 0.2) is 5.69 Å². The van der Waals surface area contributed by atoms with Gasteiger partial charge in [-0.1, -0.05) is 19.3 Å². The van der Waals surface area contributed by atoms with Crippen molar-refractivity contribution in [2.75, 3.05) is 0 Å². The molecule has 1 heterocycles. The Morgan fingerprint density at radius 3 is 2.71 bits per heavy atom. The first kappa shape index (κ1) is 9.26. The number of rotatable bonds is 1. The third-order valence-corrected chi connectivity index (χ3v) is 3.05. The van der Waals surface area contributed by atoms with Crippen LogP contribution >= 0.6 is 0 Å². The first-order chi connectivity index (χ1) is 6.81. The summed E-state index contributed by atoms with van der Waals surface area (Å²) in [5.74, 6) is 0.628. The van der Waals surface area contributed by atoms with Gasteiger partial charge in [0.25, 0.3) is 0 Å². The van der Waals surface area contributed by atoms with Gasteiger partial charge in [-0.3, -0.25) is 4.68 Å². The molecular formula is C11H15N3. The lowest BCUT2D eigenvalue weighted by atomic mass is 9.87. The Labute approximate surface area is 84.3 Å². The minimum Gasteiger partial charge on any atom is -0.271 e. The highest BCUT2D eigenvalue weighted by molar-refractivity contribution is 5.24. The summed E-state index contributed by atoms with van der Waals surface area (Å²) in [4.78, 5) is 0. The Hall–Kier alpha value is -1.30. The zero-order valence-corrected chi connectivity index (χ0v) is 8.53. The van der Waals surface area contributed by atoms with Crippen molar-refractivity contribution in [1.82, 2.24) is 9.78 Å². The van der Waals surface area contributed by atoms with E-state index in [0.717, 1.165) is 0 Å². The number of nitrogens with zero attached hydrogens (tertiary/aromatic N) is 3. The number of hydrogen-bond donors (Lipinski definition) is 0. The quantitative estimate of drug-likeness (QED) is 0.680. The molecule has 2 rings (SSSR count). The molecule has 0 spiro atoms. The van der Waals surface area contributed by atoms with Crippen LogP contribution < -0.4 is 0 Å². The van der Waals surface area contributed by atoms with Gasteiger partial charge < -0.3 is 0 Å². The molecule has 0 aromatic carbocycles. The molecule has 1 aliphatic rings. The number of aryl methyl sites for hydroxylation is 1. The first-order valence-corrected chi connectivity index (χ1v) is 5.25. The van der Waals surface area contributed by atoms with Crippen molar-refractivity contribution in [2.45, 2.75) is 38.0 Å². The summed E-state index contributed by atoms with van der Waals surface area (Å²) in [6.45, 7) is 0. The van der Waals surface area contributed by atoms with E-state index in [2.05, 4.69) is 11.2 Å². The summed E-state index contributed by atoms with van der Waals surface area (Å²) >= 11 is 0. The SMILES string of the molecule is Cn1nc(C#N)cc1C1CCCCC1. The van der Waals surface area contributed by atoms with Crippen molar-refractivity contribution < 1.29 is 0 Å². The largest absolute Gasteiger partial charge is 0.271 e. The molecule has 0 radical (unpaired) electrons. The summed E-state index contributed by atoms with van der Waals surface area (Å²) in [6, 6.07) is 4.04. The zero-order valence-electron chi connectivity index (χ0n) is 8.53. The molecule has 0 saturated heterocycles. The average Bonchev–Trinajstić information content (AvgIpc) is 2.61. The number of hydrogen-bond acceptors (Lipinski definition) is 2. The maximum atomic E-state index is 8.75. The second-order valence-electron chi connectivity index (χ2n) is 4.02. The van der Waals surface area contributed by atoms with Crippen molar-refractivity contribution in [2.24, 2.45) is 7.05 Å². The van der Waals surface area contributed by atoms with E-state index in [4.69, 9.17) is 5.26 Å². The lowest BCUT2D eigenvalue weighted by Gasteiger charge is -2.21. The summed E-state index contributed by atoms with van der Waals surface area (Å²) in [5, 5.41) is 12.9. The molecular weight excluding hydrogens is 174 g/mol. The van der Waals surface area contributed by atoms with E-state index in [0.29, 0.717) is 11.6 Å². The van der Waals surface area contributed by atoms with Crippen LogP contribution in [-0.2, 0) is 7.05 Å². The maximum absolute atomic E-state index is 8.75. The minimum atomic E-state index is 0.549. The Kier molecular flexibility index (Phi) is 2.53. The molecule has 14 heavy (non-hydrogen) atoms. The second-order valence-corrected chi connectivity index (χ2v) is 4.02. The van der Waals surface area contributed by atoms with Gasteiger partial charge >= 0.3 is 0 Å². The highest BCUT2D eigenvalue weighted by Crippen LogP contribution is 2.32. The van der Waals surface area contributed by atoms with E-state index < -0.39 is 0 Å². The van der Waals surface area contributed by atoms with Crippen LogP contribution in [0.2, 0.25) is 0 Å². The fraction of sp³-hybridized carbons (Fsp3) is 0.636. The zero-order chi connectivity index (χ0) is 9.97. The van der Waals surface area contributed by atoms with Crippen LogP contribution in [0.5, 0.6) is 0 Å². The maximum Gasteiger partial charge on any atom is 0.162 e. The highest BCUT2D eigenvalue weighted by Gasteiger charge is 2.19. The molecule has 0 bridgehead atoms. The van der Waals surface area contributed by atoms with Gasteiger partial charge in [-0.2, -0.15) is 10.4 Å². The number of aromatic nitrogens is 2. The third kappa shape index (κ3) is 1.65. The molecule has 1 aromatic rings. The van der Waals surface area contributed by atoms with Gasteiger partial charge in [-0.05, 0) is 18.9 Å². The normalized spacial score (nSPS) is 18.0. The molecule has 0 N–H and O–H groups in total. The predicted molar refractivity (Wildman–Crippen MR) is 53.7 cm³/mol. The van der Waals surface area contributed by atoms with Crippen LogP contribution in [-0.4, -0.2) is 9.78 Å². The molecule has 0 aliphatic heterocycles. The predicted octanol–water partition coefficient (Wildman–Crippen LogP) is 2.34. The van der Waals surface area contributed by atoms with Crippen LogP contribution in [0.15, 0.2) is 6.07 Å². The molecule has 1 aromatic heterocycles. The molecule has 74 valence electrons. The minimum absolute atomic E-state index is 0.549. The van der Waals surface area contributed by atoms with Crippen molar-refractivity contribution in [3.8, 4) is 6.07 Å². The Bertz CT molecular complexity index is 353. The van der Waals surface area contributed by atoms with Crippen molar-refractivity contribution in [3.05, 3.63) is 17.5 Å². The van der Waals surface area contributed by atoms with Crippen LogP contribution in [0.4, 0.5) is 0 Å². The number of nitriles is 1. The lowest BCUT2D eigenvalue weighted by Crippen LogP contribution is -2.09. The van der Waals surface area contributed by atoms with E-state index in [1.54, 1.807) is 0 Å². The molecule has 0 atom stereocenters. The highest BCUT2D eigenvalue weighted by atomic mass is 15.3. The van der Waals surface area contributed by atoms with Gasteiger partial charge in [0.05, 0.1) is 0 Å².